The molecule has 0 fully saturated rings. The molecule has 15 heavy (non-hydrogen) atoms. The molecule has 5 heteroatoms. The molecular formula is C10H8ClNO3. The van der Waals surface area contributed by atoms with Crippen molar-refractivity contribution in [3.8, 4) is 0 Å². The quantitative estimate of drug-likeness (QED) is 0.811. The molecule has 2 rings (SSSR count). The molecule has 2 aromatic rings. The molecule has 0 aliphatic heterocycles. The number of nitrogens with zero attached hydrogens (tertiary/aromatic N) is 1. The Hall–Kier alpha value is -1.81. The normalized spacial score (nSPS) is 8.87. The number of rotatable bonds is 1. The van der Waals surface area contributed by atoms with E-state index in [4.69, 9.17) is 16.7 Å². The van der Waals surface area contributed by atoms with Gasteiger partial charge in [-0.1, -0.05) is 29.8 Å². The zero-order valence-corrected chi connectivity index (χ0v) is 8.39. The fraction of sp³-hybridized carbons (Fsp3) is 0. The van der Waals surface area contributed by atoms with Crippen molar-refractivity contribution >= 4 is 17.6 Å². The Labute approximate surface area is 91.1 Å². The second-order valence-corrected chi connectivity index (χ2v) is 2.87. The first-order valence-corrected chi connectivity index (χ1v) is 4.41. The van der Waals surface area contributed by atoms with Gasteiger partial charge in [0, 0.05) is 5.02 Å². The van der Waals surface area contributed by atoms with Crippen LogP contribution in [-0.2, 0) is 0 Å². The second-order valence-electron chi connectivity index (χ2n) is 2.44. The lowest BCUT2D eigenvalue weighted by Gasteiger charge is -1.80. The molecule has 4 nitrogen and oxygen atoms in total. The van der Waals surface area contributed by atoms with Crippen LogP contribution in [0, 0.1) is 0 Å². The molecule has 0 aliphatic carbocycles. The summed E-state index contributed by atoms with van der Waals surface area (Å²) in [5, 5.41) is 8.91. The van der Waals surface area contributed by atoms with Gasteiger partial charge in [0.05, 0.1) is 6.20 Å². The molecule has 0 bridgehead atoms. The summed E-state index contributed by atoms with van der Waals surface area (Å²) in [6, 6.07) is 9.44. The highest BCUT2D eigenvalue weighted by Gasteiger charge is 2.04. The Balaban J connectivity index is 0.000000151. The molecule has 0 spiro atoms. The lowest BCUT2D eigenvalue weighted by atomic mass is 10.4. The minimum absolute atomic E-state index is 0.273. The molecule has 78 valence electrons. The largest absolute Gasteiger partial charge is 0.474 e. The number of hydrogen-bond acceptors (Lipinski definition) is 3. The number of aromatic carboxylic acids is 1. The maximum Gasteiger partial charge on any atom is 0.392 e. The zero-order valence-electron chi connectivity index (χ0n) is 7.63. The highest BCUT2D eigenvalue weighted by atomic mass is 35.5. The molecule has 1 aromatic heterocycles. The van der Waals surface area contributed by atoms with E-state index in [2.05, 4.69) is 9.40 Å². The molecule has 0 saturated heterocycles. The van der Waals surface area contributed by atoms with E-state index in [-0.39, 0.29) is 5.89 Å². The van der Waals surface area contributed by atoms with Gasteiger partial charge >= 0.3 is 11.9 Å². The summed E-state index contributed by atoms with van der Waals surface area (Å²) in [6.45, 7) is 0. The second kappa shape index (κ2) is 5.82. The smallest absolute Gasteiger partial charge is 0.392 e. The first-order valence-electron chi connectivity index (χ1n) is 4.03. The van der Waals surface area contributed by atoms with Crippen LogP contribution in [0.5, 0.6) is 0 Å². The maximum atomic E-state index is 9.91. The summed E-state index contributed by atoms with van der Waals surface area (Å²) < 4.78 is 4.38. The molecule has 1 heterocycles. The third-order valence-corrected chi connectivity index (χ3v) is 1.60. The predicted molar refractivity (Wildman–Crippen MR) is 54.9 cm³/mol. The first-order chi connectivity index (χ1) is 7.20. The van der Waals surface area contributed by atoms with Crippen molar-refractivity contribution in [1.82, 2.24) is 4.98 Å². The van der Waals surface area contributed by atoms with E-state index in [1.54, 1.807) is 0 Å². The number of oxazole rings is 1. The molecular weight excluding hydrogens is 218 g/mol. The van der Waals surface area contributed by atoms with Gasteiger partial charge in [-0.05, 0) is 12.1 Å². The Morgan fingerprint density at radius 3 is 2.27 bits per heavy atom. The number of aromatic nitrogens is 1. The van der Waals surface area contributed by atoms with Crippen molar-refractivity contribution < 1.29 is 14.3 Å². The average molecular weight is 226 g/mol. The number of carboxylic acid groups (broad SMARTS) is 1. The van der Waals surface area contributed by atoms with Crippen LogP contribution in [0.4, 0.5) is 0 Å². The van der Waals surface area contributed by atoms with Gasteiger partial charge in [-0.3, -0.25) is 0 Å². The van der Waals surface area contributed by atoms with Crippen LogP contribution in [0.15, 0.2) is 47.2 Å². The van der Waals surface area contributed by atoms with Gasteiger partial charge in [0.25, 0.3) is 0 Å². The average Bonchev–Trinajstić information content (AvgIpc) is 2.72. The van der Waals surface area contributed by atoms with Crippen molar-refractivity contribution in [2.24, 2.45) is 0 Å². The monoisotopic (exact) mass is 225 g/mol. The van der Waals surface area contributed by atoms with Gasteiger partial charge in [-0.25, -0.2) is 9.78 Å². The third-order valence-electron chi connectivity index (χ3n) is 1.35. The fourth-order valence-corrected chi connectivity index (χ4v) is 0.889. The summed E-state index contributed by atoms with van der Waals surface area (Å²) in [7, 11) is 0. The van der Waals surface area contributed by atoms with E-state index in [0.29, 0.717) is 0 Å². The van der Waals surface area contributed by atoms with Gasteiger partial charge < -0.3 is 9.52 Å². The zero-order chi connectivity index (χ0) is 11.1. The summed E-state index contributed by atoms with van der Waals surface area (Å²) in [4.78, 5) is 13.3. The van der Waals surface area contributed by atoms with E-state index in [0.717, 1.165) is 5.02 Å². The molecule has 0 atom stereocenters. The highest BCUT2D eigenvalue weighted by molar-refractivity contribution is 6.30. The van der Waals surface area contributed by atoms with Crippen LogP contribution >= 0.6 is 11.6 Å². The molecule has 0 radical (unpaired) electrons. The number of carboxylic acids is 1. The molecule has 1 N–H and O–H groups in total. The Morgan fingerprint density at radius 1 is 1.33 bits per heavy atom. The number of halogens is 1. The molecule has 0 amide bonds. The standard InChI is InChI=1S/C6H5Cl.C4H3NO3/c7-6-4-2-1-3-5-6;6-4(7)3-5-1-2-8-3/h1-5H;1-2H,(H,6,7). The van der Waals surface area contributed by atoms with Crippen LogP contribution in [0.3, 0.4) is 0 Å². The summed E-state index contributed by atoms with van der Waals surface area (Å²) in [6.07, 6.45) is 2.49. The van der Waals surface area contributed by atoms with Crippen molar-refractivity contribution in [3.63, 3.8) is 0 Å². The van der Waals surface area contributed by atoms with E-state index >= 15 is 0 Å². The Kier molecular flexibility index (Phi) is 4.37. The van der Waals surface area contributed by atoms with Crippen molar-refractivity contribution in [1.29, 1.82) is 0 Å². The van der Waals surface area contributed by atoms with E-state index < -0.39 is 5.97 Å². The minimum atomic E-state index is -1.14. The van der Waals surface area contributed by atoms with Crippen LogP contribution in [0.25, 0.3) is 0 Å². The lowest BCUT2D eigenvalue weighted by molar-refractivity contribution is 0.0653. The topological polar surface area (TPSA) is 63.3 Å². The van der Waals surface area contributed by atoms with E-state index in [1.165, 1.54) is 12.5 Å². The summed E-state index contributed by atoms with van der Waals surface area (Å²) in [5.74, 6) is -1.42. The molecule has 0 unspecified atom stereocenters. The number of hydrogen-bond donors (Lipinski definition) is 1. The number of carbonyl (C=O) groups is 1. The molecule has 0 saturated carbocycles. The lowest BCUT2D eigenvalue weighted by Crippen LogP contribution is -1.94. The van der Waals surface area contributed by atoms with E-state index in [9.17, 15) is 4.79 Å². The van der Waals surface area contributed by atoms with E-state index in [1.807, 2.05) is 30.3 Å². The Bertz CT molecular complexity index is 400. The van der Waals surface area contributed by atoms with Gasteiger partial charge in [0.1, 0.15) is 6.26 Å². The maximum absolute atomic E-state index is 9.91. The SMILES string of the molecule is Clc1ccccc1.O=C(O)c1ncco1. The summed E-state index contributed by atoms with van der Waals surface area (Å²) in [5.41, 5.74) is 0. The first kappa shape index (κ1) is 11.3. The van der Waals surface area contributed by atoms with Crippen molar-refractivity contribution in [2.75, 3.05) is 0 Å². The molecule has 0 aliphatic rings. The predicted octanol–water partition coefficient (Wildman–Crippen LogP) is 2.71. The highest BCUT2D eigenvalue weighted by Crippen LogP contribution is 2.03. The van der Waals surface area contributed by atoms with Gasteiger partial charge in [-0.2, -0.15) is 0 Å². The Morgan fingerprint density at radius 2 is 2.00 bits per heavy atom. The van der Waals surface area contributed by atoms with Crippen LogP contribution in [0.2, 0.25) is 5.02 Å². The number of benzene rings is 1. The van der Waals surface area contributed by atoms with Gasteiger partial charge in [0.15, 0.2) is 0 Å². The van der Waals surface area contributed by atoms with Crippen LogP contribution in [-0.4, -0.2) is 16.1 Å². The third kappa shape index (κ3) is 4.28. The van der Waals surface area contributed by atoms with Gasteiger partial charge in [-0.15, -0.1) is 0 Å². The van der Waals surface area contributed by atoms with Crippen molar-refractivity contribution in [3.05, 3.63) is 53.7 Å². The summed E-state index contributed by atoms with van der Waals surface area (Å²) >= 11 is 5.54. The van der Waals surface area contributed by atoms with Crippen LogP contribution < -0.4 is 0 Å². The van der Waals surface area contributed by atoms with Crippen LogP contribution in [0.1, 0.15) is 10.7 Å². The fourth-order valence-electron chi connectivity index (χ4n) is 0.744. The molecule has 1 aromatic carbocycles. The van der Waals surface area contributed by atoms with Gasteiger partial charge in [0.2, 0.25) is 0 Å². The minimum Gasteiger partial charge on any atom is -0.474 e. The van der Waals surface area contributed by atoms with Crippen molar-refractivity contribution in [2.45, 2.75) is 0 Å².